The summed E-state index contributed by atoms with van der Waals surface area (Å²) in [6, 6.07) is 8.58. The molecule has 4 rings (SSSR count). The number of pyridine rings is 1. The van der Waals surface area contributed by atoms with Crippen molar-refractivity contribution in [1.82, 2.24) is 15.2 Å². The third-order valence-electron chi connectivity index (χ3n) is 5.17. The second-order valence-corrected chi connectivity index (χ2v) is 7.36. The van der Waals surface area contributed by atoms with Crippen LogP contribution in [0.1, 0.15) is 28.1 Å². The number of hydrogen-bond donors (Lipinski definition) is 1. The first-order valence-corrected chi connectivity index (χ1v) is 9.53. The average Bonchev–Trinajstić information content (AvgIpc) is 2.72. The topological polar surface area (TPSA) is 77.7 Å². The molecule has 0 radical (unpaired) electrons. The first-order chi connectivity index (χ1) is 14.0. The van der Waals surface area contributed by atoms with Crippen molar-refractivity contribution in [3.63, 3.8) is 0 Å². The highest BCUT2D eigenvalue weighted by molar-refractivity contribution is 6.33. The quantitative estimate of drug-likeness (QED) is 0.689. The van der Waals surface area contributed by atoms with Crippen LogP contribution in [0.15, 0.2) is 30.5 Å². The predicted octanol–water partition coefficient (Wildman–Crippen LogP) is 4.46. The van der Waals surface area contributed by atoms with Crippen LogP contribution in [0.4, 0.5) is 21.6 Å². The fraction of sp³-hybridized carbons (Fsp3) is 0.238. The second-order valence-electron chi connectivity index (χ2n) is 6.96. The molecule has 1 aliphatic rings. The number of rotatable bonds is 3. The average molecular weight is 409 g/mol. The normalized spacial score (nSPS) is 13.0. The van der Waals surface area contributed by atoms with Crippen LogP contribution in [0.3, 0.4) is 0 Å². The number of nitrogens with zero attached hydrogens (tertiary/aromatic N) is 5. The maximum Gasteiger partial charge on any atom is 0.166 e. The number of hydrogen-bond acceptors (Lipinski definition) is 6. The zero-order valence-electron chi connectivity index (χ0n) is 16.0. The van der Waals surface area contributed by atoms with Crippen molar-refractivity contribution >= 4 is 28.8 Å². The Balaban J connectivity index is 1.62. The van der Waals surface area contributed by atoms with Crippen molar-refractivity contribution in [1.29, 1.82) is 5.26 Å². The molecule has 1 aromatic carbocycles. The Morgan fingerprint density at radius 3 is 2.83 bits per heavy atom. The van der Waals surface area contributed by atoms with Crippen LogP contribution >= 0.6 is 11.6 Å². The Hall–Kier alpha value is -3.24. The van der Waals surface area contributed by atoms with Gasteiger partial charge < -0.3 is 10.2 Å². The van der Waals surface area contributed by atoms with Crippen molar-refractivity contribution in [2.45, 2.75) is 26.8 Å². The zero-order chi connectivity index (χ0) is 20.5. The molecule has 0 fully saturated rings. The standard InChI is InChI=1S/C21H18ClFN6/c1-12-13(2)21(28-27-19(12)9-24)29-7-6-18-14(11-29)8-15(10-25-18)26-20-16(22)4-3-5-17(20)23/h3-5,8,10,26H,6-7,11H2,1-2H3. The fourth-order valence-corrected chi connectivity index (χ4v) is 3.65. The van der Waals surface area contributed by atoms with Gasteiger partial charge in [0.1, 0.15) is 11.9 Å². The summed E-state index contributed by atoms with van der Waals surface area (Å²) in [6.07, 6.45) is 2.45. The van der Waals surface area contributed by atoms with E-state index in [1.807, 2.05) is 19.9 Å². The van der Waals surface area contributed by atoms with E-state index in [0.717, 1.165) is 41.2 Å². The Kier molecular flexibility index (Phi) is 5.03. The van der Waals surface area contributed by atoms with Crippen molar-refractivity contribution < 1.29 is 4.39 Å². The summed E-state index contributed by atoms with van der Waals surface area (Å²) in [5.41, 5.74) is 5.05. The Bertz CT molecular complexity index is 1120. The first kappa shape index (κ1) is 19.1. The third-order valence-corrected chi connectivity index (χ3v) is 5.49. The van der Waals surface area contributed by atoms with Gasteiger partial charge in [0.05, 0.1) is 22.6 Å². The number of halogens is 2. The number of anilines is 3. The number of para-hydroxylation sites is 1. The van der Waals surface area contributed by atoms with Gasteiger partial charge in [0, 0.05) is 25.2 Å². The van der Waals surface area contributed by atoms with E-state index in [4.69, 9.17) is 16.9 Å². The highest BCUT2D eigenvalue weighted by atomic mass is 35.5. The summed E-state index contributed by atoms with van der Waals surface area (Å²) in [7, 11) is 0. The van der Waals surface area contributed by atoms with Gasteiger partial charge in [-0.1, -0.05) is 17.7 Å². The summed E-state index contributed by atoms with van der Waals surface area (Å²) in [5, 5.41) is 20.8. The van der Waals surface area contributed by atoms with Crippen LogP contribution in [0, 0.1) is 31.0 Å². The molecule has 0 aliphatic carbocycles. The molecule has 0 bridgehead atoms. The fourth-order valence-electron chi connectivity index (χ4n) is 3.44. The van der Waals surface area contributed by atoms with E-state index in [1.54, 1.807) is 18.3 Å². The van der Waals surface area contributed by atoms with Crippen LogP contribution in [0.25, 0.3) is 0 Å². The van der Waals surface area contributed by atoms with Crippen molar-refractivity contribution in [2.24, 2.45) is 0 Å². The highest BCUT2D eigenvalue weighted by Gasteiger charge is 2.22. The smallest absolute Gasteiger partial charge is 0.166 e. The maximum absolute atomic E-state index is 14.1. The van der Waals surface area contributed by atoms with E-state index in [9.17, 15) is 4.39 Å². The molecule has 29 heavy (non-hydrogen) atoms. The Morgan fingerprint density at radius 2 is 2.07 bits per heavy atom. The largest absolute Gasteiger partial charge is 0.351 e. The van der Waals surface area contributed by atoms with E-state index in [2.05, 4.69) is 31.5 Å². The lowest BCUT2D eigenvalue weighted by molar-refractivity contribution is 0.632. The SMILES string of the molecule is Cc1c(C#N)nnc(N2CCc3ncc(Nc4c(F)cccc4Cl)cc3C2)c1C. The molecule has 6 nitrogen and oxygen atoms in total. The molecule has 0 saturated carbocycles. The first-order valence-electron chi connectivity index (χ1n) is 9.15. The lowest BCUT2D eigenvalue weighted by Crippen LogP contribution is -2.32. The second kappa shape index (κ2) is 7.64. The molecule has 3 heterocycles. The van der Waals surface area contributed by atoms with Crippen LogP contribution < -0.4 is 10.2 Å². The summed E-state index contributed by atoms with van der Waals surface area (Å²) in [5.74, 6) is 0.346. The van der Waals surface area contributed by atoms with Crippen LogP contribution in [0.2, 0.25) is 5.02 Å². The number of nitrogens with one attached hydrogen (secondary N) is 1. The summed E-state index contributed by atoms with van der Waals surface area (Å²) < 4.78 is 14.1. The third kappa shape index (κ3) is 3.59. The molecular weight excluding hydrogens is 391 g/mol. The van der Waals surface area contributed by atoms with Gasteiger partial charge in [-0.2, -0.15) is 5.26 Å². The Labute approximate surface area is 173 Å². The van der Waals surface area contributed by atoms with Crippen LogP contribution in [-0.2, 0) is 13.0 Å². The van der Waals surface area contributed by atoms with Gasteiger partial charge in [0.25, 0.3) is 0 Å². The van der Waals surface area contributed by atoms with Crippen LogP contribution in [0.5, 0.6) is 0 Å². The minimum Gasteiger partial charge on any atom is -0.351 e. The van der Waals surface area contributed by atoms with Crippen molar-refractivity contribution in [3.8, 4) is 6.07 Å². The molecule has 1 N–H and O–H groups in total. The number of benzene rings is 1. The molecular formula is C21H18ClFN6. The maximum atomic E-state index is 14.1. The monoisotopic (exact) mass is 408 g/mol. The lowest BCUT2D eigenvalue weighted by atomic mass is 10.0. The molecule has 0 amide bonds. The van der Waals surface area contributed by atoms with E-state index in [0.29, 0.717) is 22.9 Å². The molecule has 2 aromatic heterocycles. The van der Waals surface area contributed by atoms with E-state index < -0.39 is 5.82 Å². The zero-order valence-corrected chi connectivity index (χ0v) is 16.8. The minimum atomic E-state index is -0.421. The van der Waals surface area contributed by atoms with Gasteiger partial charge in [-0.25, -0.2) is 4.39 Å². The molecule has 0 unspecified atom stereocenters. The van der Waals surface area contributed by atoms with E-state index in [-0.39, 0.29) is 5.69 Å². The molecule has 146 valence electrons. The van der Waals surface area contributed by atoms with Crippen molar-refractivity contribution in [2.75, 3.05) is 16.8 Å². The van der Waals surface area contributed by atoms with Crippen molar-refractivity contribution in [3.05, 3.63) is 69.4 Å². The van der Waals surface area contributed by atoms with Gasteiger partial charge in [-0.05, 0) is 48.7 Å². The summed E-state index contributed by atoms with van der Waals surface area (Å²) in [6.45, 7) is 5.19. The molecule has 0 saturated heterocycles. The van der Waals surface area contributed by atoms with Crippen LogP contribution in [-0.4, -0.2) is 21.7 Å². The van der Waals surface area contributed by atoms with E-state index in [1.165, 1.54) is 6.07 Å². The number of fused-ring (bicyclic) bond motifs is 1. The highest BCUT2D eigenvalue weighted by Crippen LogP contribution is 2.31. The minimum absolute atomic E-state index is 0.230. The number of aromatic nitrogens is 3. The summed E-state index contributed by atoms with van der Waals surface area (Å²) >= 11 is 6.11. The molecule has 0 spiro atoms. The van der Waals surface area contributed by atoms with E-state index >= 15 is 0 Å². The van der Waals surface area contributed by atoms with Gasteiger partial charge >= 0.3 is 0 Å². The molecule has 8 heteroatoms. The lowest BCUT2D eigenvalue weighted by Gasteiger charge is -2.30. The number of nitriles is 1. The van der Waals surface area contributed by atoms with Gasteiger partial charge in [-0.3, -0.25) is 4.98 Å². The van der Waals surface area contributed by atoms with Gasteiger partial charge in [-0.15, -0.1) is 10.2 Å². The van der Waals surface area contributed by atoms with Gasteiger partial charge in [0.2, 0.25) is 0 Å². The Morgan fingerprint density at radius 1 is 1.24 bits per heavy atom. The molecule has 1 aliphatic heterocycles. The molecule has 3 aromatic rings. The molecule has 0 atom stereocenters. The van der Waals surface area contributed by atoms with Gasteiger partial charge in [0.15, 0.2) is 11.5 Å². The summed E-state index contributed by atoms with van der Waals surface area (Å²) in [4.78, 5) is 6.66. The predicted molar refractivity (Wildman–Crippen MR) is 110 cm³/mol.